The average Bonchev–Trinajstić information content (AvgIpc) is 2.28. The second-order valence-electron chi connectivity index (χ2n) is 4.09. The number of amides is 2. The number of carbonyl (C=O) groups is 2. The number of rotatable bonds is 5. The van der Waals surface area contributed by atoms with Crippen molar-refractivity contribution in [2.75, 3.05) is 19.0 Å². The van der Waals surface area contributed by atoms with Gasteiger partial charge in [0.05, 0.1) is 6.61 Å². The van der Waals surface area contributed by atoms with E-state index in [0.717, 1.165) is 0 Å². The molecule has 0 aromatic heterocycles. The maximum Gasteiger partial charge on any atom is 0.251 e. The van der Waals surface area contributed by atoms with Crippen molar-refractivity contribution in [2.45, 2.75) is 19.9 Å². The standard InChI is InChI=1S/C13H18N2O3/c1-9(8-18-3)14-13(17)11-5-4-6-12(7-11)15-10(2)16/h4-7,9H,8H2,1-3H3,(H,14,17)(H,15,16). The average molecular weight is 250 g/mol. The molecule has 0 aliphatic carbocycles. The predicted molar refractivity (Wildman–Crippen MR) is 69.5 cm³/mol. The van der Waals surface area contributed by atoms with E-state index < -0.39 is 0 Å². The van der Waals surface area contributed by atoms with Gasteiger partial charge in [0.2, 0.25) is 5.91 Å². The zero-order valence-electron chi connectivity index (χ0n) is 10.8. The third kappa shape index (κ3) is 4.55. The molecule has 0 aliphatic heterocycles. The molecule has 0 bridgehead atoms. The minimum Gasteiger partial charge on any atom is -0.383 e. The van der Waals surface area contributed by atoms with Crippen LogP contribution in [0, 0.1) is 0 Å². The zero-order valence-corrected chi connectivity index (χ0v) is 10.8. The van der Waals surface area contributed by atoms with Crippen molar-refractivity contribution < 1.29 is 14.3 Å². The topological polar surface area (TPSA) is 67.4 Å². The Morgan fingerprint density at radius 3 is 2.72 bits per heavy atom. The van der Waals surface area contributed by atoms with Gasteiger partial charge in [-0.2, -0.15) is 0 Å². The molecule has 0 aliphatic rings. The number of hydrogen-bond acceptors (Lipinski definition) is 3. The van der Waals surface area contributed by atoms with Gasteiger partial charge >= 0.3 is 0 Å². The Kier molecular flexibility index (Phi) is 5.32. The first kappa shape index (κ1) is 14.2. The van der Waals surface area contributed by atoms with Crippen molar-refractivity contribution in [3.8, 4) is 0 Å². The van der Waals surface area contributed by atoms with Gasteiger partial charge in [-0.1, -0.05) is 6.07 Å². The van der Waals surface area contributed by atoms with Gasteiger partial charge in [-0.15, -0.1) is 0 Å². The molecule has 5 heteroatoms. The summed E-state index contributed by atoms with van der Waals surface area (Å²) in [6.45, 7) is 3.74. The van der Waals surface area contributed by atoms with Gasteiger partial charge in [0, 0.05) is 31.3 Å². The van der Waals surface area contributed by atoms with Crippen molar-refractivity contribution in [3.63, 3.8) is 0 Å². The van der Waals surface area contributed by atoms with Gasteiger partial charge in [-0.05, 0) is 25.1 Å². The largest absolute Gasteiger partial charge is 0.383 e. The lowest BCUT2D eigenvalue weighted by Gasteiger charge is -2.13. The summed E-state index contributed by atoms with van der Waals surface area (Å²) in [4.78, 5) is 22.8. The van der Waals surface area contributed by atoms with E-state index in [1.54, 1.807) is 31.4 Å². The second-order valence-corrected chi connectivity index (χ2v) is 4.09. The molecule has 2 amide bonds. The SMILES string of the molecule is COCC(C)NC(=O)c1cccc(NC(C)=O)c1. The van der Waals surface area contributed by atoms with E-state index in [2.05, 4.69) is 10.6 Å². The fourth-order valence-electron chi connectivity index (χ4n) is 1.54. The van der Waals surface area contributed by atoms with Crippen LogP contribution < -0.4 is 10.6 Å². The Labute approximate surface area is 107 Å². The van der Waals surface area contributed by atoms with Gasteiger partial charge in [0.25, 0.3) is 5.91 Å². The summed E-state index contributed by atoms with van der Waals surface area (Å²) < 4.78 is 4.95. The molecule has 0 radical (unpaired) electrons. The fraction of sp³-hybridized carbons (Fsp3) is 0.385. The van der Waals surface area contributed by atoms with Crippen molar-refractivity contribution >= 4 is 17.5 Å². The van der Waals surface area contributed by atoms with Gasteiger partial charge < -0.3 is 15.4 Å². The van der Waals surface area contributed by atoms with Crippen LogP contribution in [0.2, 0.25) is 0 Å². The van der Waals surface area contributed by atoms with E-state index in [-0.39, 0.29) is 17.9 Å². The number of ether oxygens (including phenoxy) is 1. The molecule has 18 heavy (non-hydrogen) atoms. The maximum absolute atomic E-state index is 11.9. The fourth-order valence-corrected chi connectivity index (χ4v) is 1.54. The normalized spacial score (nSPS) is 11.7. The highest BCUT2D eigenvalue weighted by atomic mass is 16.5. The Balaban J connectivity index is 2.70. The number of carbonyl (C=O) groups excluding carboxylic acids is 2. The monoisotopic (exact) mass is 250 g/mol. The molecule has 1 atom stereocenters. The second kappa shape index (κ2) is 6.76. The molecule has 0 saturated heterocycles. The smallest absolute Gasteiger partial charge is 0.251 e. The maximum atomic E-state index is 11.9. The lowest BCUT2D eigenvalue weighted by atomic mass is 10.1. The number of methoxy groups -OCH3 is 1. The predicted octanol–water partition coefficient (Wildman–Crippen LogP) is 1.41. The molecule has 1 unspecified atom stereocenters. The lowest BCUT2D eigenvalue weighted by Crippen LogP contribution is -2.35. The van der Waals surface area contributed by atoms with Crippen LogP contribution in [0.3, 0.4) is 0 Å². The summed E-state index contributed by atoms with van der Waals surface area (Å²) in [5, 5.41) is 5.44. The molecular formula is C13H18N2O3. The Morgan fingerprint density at radius 1 is 1.39 bits per heavy atom. The highest BCUT2D eigenvalue weighted by molar-refractivity contribution is 5.96. The minimum absolute atomic E-state index is 0.0630. The number of hydrogen-bond donors (Lipinski definition) is 2. The van der Waals surface area contributed by atoms with E-state index in [1.807, 2.05) is 6.92 Å². The summed E-state index contributed by atoms with van der Waals surface area (Å²) in [5.41, 5.74) is 1.11. The van der Waals surface area contributed by atoms with Gasteiger partial charge in [-0.25, -0.2) is 0 Å². The Bertz CT molecular complexity index is 432. The van der Waals surface area contributed by atoms with Gasteiger partial charge in [-0.3, -0.25) is 9.59 Å². The molecule has 0 saturated carbocycles. The molecule has 0 spiro atoms. The van der Waals surface area contributed by atoms with E-state index in [0.29, 0.717) is 17.9 Å². The summed E-state index contributed by atoms with van der Waals surface area (Å²) >= 11 is 0. The highest BCUT2D eigenvalue weighted by Crippen LogP contribution is 2.10. The van der Waals surface area contributed by atoms with Crippen LogP contribution in [0.15, 0.2) is 24.3 Å². The molecule has 1 aromatic carbocycles. The first-order chi connectivity index (χ1) is 8.52. The molecule has 2 N–H and O–H groups in total. The first-order valence-corrected chi connectivity index (χ1v) is 5.70. The number of nitrogens with one attached hydrogen (secondary N) is 2. The quantitative estimate of drug-likeness (QED) is 0.830. The minimum atomic E-state index is -0.188. The van der Waals surface area contributed by atoms with Gasteiger partial charge in [0.15, 0.2) is 0 Å². The van der Waals surface area contributed by atoms with Crippen molar-refractivity contribution in [3.05, 3.63) is 29.8 Å². The van der Waals surface area contributed by atoms with Gasteiger partial charge in [0.1, 0.15) is 0 Å². The van der Waals surface area contributed by atoms with Crippen LogP contribution in [-0.2, 0) is 9.53 Å². The third-order valence-electron chi connectivity index (χ3n) is 2.24. The summed E-state index contributed by atoms with van der Waals surface area (Å²) in [6.07, 6.45) is 0. The molecule has 5 nitrogen and oxygen atoms in total. The van der Waals surface area contributed by atoms with Crippen molar-refractivity contribution in [1.29, 1.82) is 0 Å². The summed E-state index contributed by atoms with van der Waals surface area (Å²) in [5.74, 6) is -0.355. The van der Waals surface area contributed by atoms with E-state index in [1.165, 1.54) is 6.92 Å². The van der Waals surface area contributed by atoms with Crippen LogP contribution in [0.1, 0.15) is 24.2 Å². The molecular weight excluding hydrogens is 232 g/mol. The van der Waals surface area contributed by atoms with E-state index in [4.69, 9.17) is 4.74 Å². The van der Waals surface area contributed by atoms with Crippen LogP contribution in [0.25, 0.3) is 0 Å². The Morgan fingerprint density at radius 2 is 2.11 bits per heavy atom. The number of benzene rings is 1. The molecule has 98 valence electrons. The Hall–Kier alpha value is -1.88. The highest BCUT2D eigenvalue weighted by Gasteiger charge is 2.10. The molecule has 0 fully saturated rings. The molecule has 0 heterocycles. The number of anilines is 1. The summed E-state index contributed by atoms with van der Waals surface area (Å²) in [7, 11) is 1.58. The van der Waals surface area contributed by atoms with Crippen molar-refractivity contribution in [2.24, 2.45) is 0 Å². The van der Waals surface area contributed by atoms with Crippen LogP contribution >= 0.6 is 0 Å². The van der Waals surface area contributed by atoms with E-state index >= 15 is 0 Å². The van der Waals surface area contributed by atoms with E-state index in [9.17, 15) is 9.59 Å². The lowest BCUT2D eigenvalue weighted by molar-refractivity contribution is -0.114. The zero-order chi connectivity index (χ0) is 13.5. The van der Waals surface area contributed by atoms with Crippen molar-refractivity contribution in [1.82, 2.24) is 5.32 Å². The molecule has 1 rings (SSSR count). The third-order valence-corrected chi connectivity index (χ3v) is 2.24. The van der Waals surface area contributed by atoms with Crippen LogP contribution in [0.4, 0.5) is 5.69 Å². The molecule has 1 aromatic rings. The first-order valence-electron chi connectivity index (χ1n) is 5.70. The summed E-state index contributed by atoms with van der Waals surface area (Å²) in [6, 6.07) is 6.72. The van der Waals surface area contributed by atoms with Crippen LogP contribution in [-0.4, -0.2) is 31.6 Å². The van der Waals surface area contributed by atoms with Crippen LogP contribution in [0.5, 0.6) is 0 Å².